The average Bonchev–Trinajstić information content (AvgIpc) is 3.23. The first kappa shape index (κ1) is 13.5. The molecule has 2 aliphatic rings. The third-order valence-electron chi connectivity index (χ3n) is 3.79. The Morgan fingerprint density at radius 3 is 2.26 bits per heavy atom. The van der Waals surface area contributed by atoms with Gasteiger partial charge >= 0.3 is 0 Å². The van der Waals surface area contributed by atoms with Gasteiger partial charge in [-0.05, 0) is 40.9 Å². The Kier molecular flexibility index (Phi) is 3.68. The van der Waals surface area contributed by atoms with E-state index in [0.29, 0.717) is 28.5 Å². The van der Waals surface area contributed by atoms with Crippen LogP contribution in [0, 0.1) is 0 Å². The van der Waals surface area contributed by atoms with Gasteiger partial charge in [0.15, 0.2) is 0 Å². The van der Waals surface area contributed by atoms with Crippen molar-refractivity contribution in [3.63, 3.8) is 0 Å². The van der Waals surface area contributed by atoms with Crippen LogP contribution >= 0.6 is 15.9 Å². The molecule has 1 aliphatic heterocycles. The predicted octanol–water partition coefficient (Wildman–Crippen LogP) is 1.92. The van der Waals surface area contributed by atoms with Crippen molar-refractivity contribution in [2.75, 3.05) is 26.2 Å². The van der Waals surface area contributed by atoms with E-state index in [1.807, 2.05) is 6.07 Å². The maximum absolute atomic E-state index is 12.6. The van der Waals surface area contributed by atoms with E-state index in [1.54, 1.807) is 22.5 Å². The second-order valence-electron chi connectivity index (χ2n) is 5.10. The first-order valence-electron chi connectivity index (χ1n) is 6.58. The SMILES string of the molecule is O=S(=O)(c1ccccc1Br)N1CCN(C2CC2)CC1. The Morgan fingerprint density at radius 1 is 1.05 bits per heavy atom. The molecule has 3 rings (SSSR count). The molecule has 0 amide bonds. The van der Waals surface area contributed by atoms with E-state index in [4.69, 9.17) is 0 Å². The number of benzene rings is 1. The van der Waals surface area contributed by atoms with Crippen LogP contribution in [0.1, 0.15) is 12.8 Å². The molecule has 1 aromatic rings. The number of rotatable bonds is 3. The van der Waals surface area contributed by atoms with Gasteiger partial charge in [-0.3, -0.25) is 4.90 Å². The normalized spacial score (nSPS) is 22.6. The lowest BCUT2D eigenvalue weighted by Gasteiger charge is -2.34. The molecule has 1 saturated carbocycles. The first-order valence-corrected chi connectivity index (χ1v) is 8.81. The number of halogens is 1. The van der Waals surface area contributed by atoms with Gasteiger partial charge in [0.2, 0.25) is 10.0 Å². The molecule has 4 nitrogen and oxygen atoms in total. The molecule has 19 heavy (non-hydrogen) atoms. The molecule has 1 aliphatic carbocycles. The van der Waals surface area contributed by atoms with Gasteiger partial charge in [0.05, 0.1) is 4.90 Å². The third kappa shape index (κ3) is 2.72. The van der Waals surface area contributed by atoms with Gasteiger partial charge in [-0.2, -0.15) is 4.31 Å². The molecule has 0 spiro atoms. The Labute approximate surface area is 122 Å². The summed E-state index contributed by atoms with van der Waals surface area (Å²) in [6.45, 7) is 2.91. The van der Waals surface area contributed by atoms with Crippen LogP contribution in [0.2, 0.25) is 0 Å². The smallest absolute Gasteiger partial charge is 0.244 e. The van der Waals surface area contributed by atoms with E-state index < -0.39 is 10.0 Å². The summed E-state index contributed by atoms with van der Waals surface area (Å²) in [5.74, 6) is 0. The van der Waals surface area contributed by atoms with Crippen molar-refractivity contribution in [1.82, 2.24) is 9.21 Å². The average molecular weight is 345 g/mol. The standard InChI is InChI=1S/C13H17BrN2O2S/c14-12-3-1-2-4-13(12)19(17,18)16-9-7-15(8-10-16)11-5-6-11/h1-4,11H,5-10H2. The summed E-state index contributed by atoms with van der Waals surface area (Å²) in [7, 11) is -3.36. The van der Waals surface area contributed by atoms with E-state index in [1.165, 1.54) is 12.8 Å². The van der Waals surface area contributed by atoms with E-state index in [9.17, 15) is 8.42 Å². The summed E-state index contributed by atoms with van der Waals surface area (Å²) in [4.78, 5) is 2.78. The van der Waals surface area contributed by atoms with Crippen LogP contribution in [0.3, 0.4) is 0 Å². The summed E-state index contributed by atoms with van der Waals surface area (Å²) in [6, 6.07) is 7.74. The maximum atomic E-state index is 12.6. The Balaban J connectivity index is 1.76. The minimum Gasteiger partial charge on any atom is -0.298 e. The van der Waals surface area contributed by atoms with Crippen LogP contribution in [-0.2, 0) is 10.0 Å². The zero-order valence-electron chi connectivity index (χ0n) is 10.6. The summed E-state index contributed by atoms with van der Waals surface area (Å²) in [5, 5.41) is 0. The fraction of sp³-hybridized carbons (Fsp3) is 0.538. The summed E-state index contributed by atoms with van der Waals surface area (Å²) >= 11 is 3.33. The highest BCUT2D eigenvalue weighted by Gasteiger charge is 2.35. The van der Waals surface area contributed by atoms with Gasteiger partial charge in [0.25, 0.3) is 0 Å². The van der Waals surface area contributed by atoms with Crippen LogP contribution in [0.4, 0.5) is 0 Å². The van der Waals surface area contributed by atoms with Crippen molar-refractivity contribution in [2.45, 2.75) is 23.8 Å². The van der Waals surface area contributed by atoms with Crippen LogP contribution in [0.5, 0.6) is 0 Å². The summed E-state index contributed by atoms with van der Waals surface area (Å²) < 4.78 is 27.4. The molecule has 0 N–H and O–H groups in total. The molecule has 0 radical (unpaired) electrons. The first-order chi connectivity index (χ1) is 9.09. The largest absolute Gasteiger partial charge is 0.298 e. The number of nitrogens with zero attached hydrogens (tertiary/aromatic N) is 2. The van der Waals surface area contributed by atoms with Gasteiger partial charge in [0.1, 0.15) is 0 Å². The quantitative estimate of drug-likeness (QED) is 0.840. The van der Waals surface area contributed by atoms with Crippen LogP contribution in [0.15, 0.2) is 33.6 Å². The van der Waals surface area contributed by atoms with Crippen LogP contribution in [0.25, 0.3) is 0 Å². The molecule has 0 bridgehead atoms. The Bertz CT molecular complexity index is 564. The molecular formula is C13H17BrN2O2S. The lowest BCUT2D eigenvalue weighted by Crippen LogP contribution is -2.49. The van der Waals surface area contributed by atoms with Gasteiger partial charge in [-0.15, -0.1) is 0 Å². The van der Waals surface area contributed by atoms with Crippen molar-refractivity contribution in [3.05, 3.63) is 28.7 Å². The summed E-state index contributed by atoms with van der Waals surface area (Å²) in [5.41, 5.74) is 0. The van der Waals surface area contributed by atoms with Crippen molar-refractivity contribution in [1.29, 1.82) is 0 Å². The zero-order valence-corrected chi connectivity index (χ0v) is 13.0. The fourth-order valence-corrected chi connectivity index (χ4v) is 4.93. The molecule has 6 heteroatoms. The molecule has 0 aromatic heterocycles. The summed E-state index contributed by atoms with van der Waals surface area (Å²) in [6.07, 6.45) is 2.55. The number of hydrogen-bond acceptors (Lipinski definition) is 3. The molecule has 0 unspecified atom stereocenters. The topological polar surface area (TPSA) is 40.6 Å². The number of sulfonamides is 1. The lowest BCUT2D eigenvalue weighted by atomic mass is 10.3. The zero-order chi connectivity index (χ0) is 13.5. The van der Waals surface area contributed by atoms with Crippen LogP contribution < -0.4 is 0 Å². The number of hydrogen-bond donors (Lipinski definition) is 0. The van der Waals surface area contributed by atoms with Gasteiger partial charge in [-0.1, -0.05) is 12.1 Å². The molecule has 104 valence electrons. The second-order valence-corrected chi connectivity index (χ2v) is 7.86. The molecule has 1 aromatic carbocycles. The van der Waals surface area contributed by atoms with Crippen molar-refractivity contribution in [2.24, 2.45) is 0 Å². The fourth-order valence-electron chi connectivity index (χ4n) is 2.54. The maximum Gasteiger partial charge on any atom is 0.244 e. The minimum atomic E-state index is -3.36. The molecule has 0 atom stereocenters. The van der Waals surface area contributed by atoms with Crippen molar-refractivity contribution in [3.8, 4) is 0 Å². The highest BCUT2D eigenvalue weighted by Crippen LogP contribution is 2.29. The highest BCUT2D eigenvalue weighted by molar-refractivity contribution is 9.10. The Morgan fingerprint density at radius 2 is 1.68 bits per heavy atom. The van der Waals surface area contributed by atoms with E-state index in [2.05, 4.69) is 20.8 Å². The highest BCUT2D eigenvalue weighted by atomic mass is 79.9. The van der Waals surface area contributed by atoms with Gasteiger partial charge in [0, 0.05) is 36.7 Å². The predicted molar refractivity (Wildman–Crippen MR) is 77.5 cm³/mol. The lowest BCUT2D eigenvalue weighted by molar-refractivity contribution is 0.180. The van der Waals surface area contributed by atoms with Crippen LogP contribution in [-0.4, -0.2) is 49.8 Å². The Hall–Kier alpha value is -0.430. The van der Waals surface area contributed by atoms with E-state index >= 15 is 0 Å². The second kappa shape index (κ2) is 5.16. The monoisotopic (exact) mass is 344 g/mol. The number of piperazine rings is 1. The van der Waals surface area contributed by atoms with Crippen molar-refractivity contribution < 1.29 is 8.42 Å². The van der Waals surface area contributed by atoms with Gasteiger partial charge < -0.3 is 0 Å². The van der Waals surface area contributed by atoms with E-state index in [0.717, 1.165) is 13.1 Å². The molecular weight excluding hydrogens is 328 g/mol. The third-order valence-corrected chi connectivity index (χ3v) is 6.70. The molecule has 1 heterocycles. The van der Waals surface area contributed by atoms with Crippen molar-refractivity contribution >= 4 is 26.0 Å². The van der Waals surface area contributed by atoms with E-state index in [-0.39, 0.29) is 0 Å². The molecule has 1 saturated heterocycles. The minimum absolute atomic E-state index is 0.370. The van der Waals surface area contributed by atoms with Gasteiger partial charge in [-0.25, -0.2) is 8.42 Å². The molecule has 2 fully saturated rings.